The van der Waals surface area contributed by atoms with Gasteiger partial charge in [-0.1, -0.05) is 38.1 Å². The molecule has 2 aliphatic rings. The monoisotopic (exact) mass is 539 g/mol. The average molecular weight is 540 g/mol. The van der Waals surface area contributed by atoms with E-state index < -0.39 is 28.0 Å². The van der Waals surface area contributed by atoms with Crippen LogP contribution in [-0.4, -0.2) is 61.9 Å². The van der Waals surface area contributed by atoms with Crippen LogP contribution in [0, 0.1) is 0 Å². The van der Waals surface area contributed by atoms with E-state index in [-0.39, 0.29) is 21.9 Å². The Labute approximate surface area is 217 Å². The lowest BCUT2D eigenvalue weighted by atomic mass is 9.93. The van der Waals surface area contributed by atoms with E-state index in [4.69, 9.17) is 5.73 Å². The first-order valence-corrected chi connectivity index (χ1v) is 14.1. The second-order valence-electron chi connectivity index (χ2n) is 9.75. The molecule has 1 saturated carbocycles. The van der Waals surface area contributed by atoms with Gasteiger partial charge < -0.3 is 5.73 Å². The third-order valence-corrected chi connectivity index (χ3v) is 9.32. The molecule has 10 heteroatoms. The lowest BCUT2D eigenvalue weighted by Gasteiger charge is -2.40. The number of piperazine rings is 1. The minimum Gasteiger partial charge on any atom is -0.366 e. The molecule has 1 aliphatic carbocycles. The maximum absolute atomic E-state index is 13.2. The van der Waals surface area contributed by atoms with Crippen molar-refractivity contribution in [2.45, 2.75) is 69.0 Å². The highest BCUT2D eigenvalue weighted by atomic mass is 32.2. The Morgan fingerprint density at radius 1 is 1.05 bits per heavy atom. The van der Waals surface area contributed by atoms with Crippen LogP contribution >= 0.6 is 0 Å². The van der Waals surface area contributed by atoms with Gasteiger partial charge >= 0.3 is 6.18 Å². The summed E-state index contributed by atoms with van der Waals surface area (Å²) in [7, 11) is -3.82. The smallest absolute Gasteiger partial charge is 0.366 e. The summed E-state index contributed by atoms with van der Waals surface area (Å²) in [6.45, 7) is 9.14. The maximum atomic E-state index is 13.2. The zero-order valence-corrected chi connectivity index (χ0v) is 22.6. The van der Waals surface area contributed by atoms with Crippen LogP contribution in [-0.2, 0) is 15.4 Å². The van der Waals surface area contributed by atoms with Gasteiger partial charge in [-0.3, -0.25) is 9.69 Å². The van der Waals surface area contributed by atoms with Crippen LogP contribution < -0.4 is 5.73 Å². The van der Waals surface area contributed by atoms with E-state index in [0.717, 1.165) is 31.9 Å². The quantitative estimate of drug-likeness (QED) is 0.542. The fraction of sp³-hybridized carbons (Fsp3) is 0.519. The van der Waals surface area contributed by atoms with Crippen molar-refractivity contribution in [2.75, 3.05) is 26.2 Å². The number of nitrogens with two attached hydrogens (primary N) is 1. The van der Waals surface area contributed by atoms with Crippen LogP contribution in [0.15, 0.2) is 53.4 Å². The summed E-state index contributed by atoms with van der Waals surface area (Å²) in [5.41, 5.74) is 6.99. The van der Waals surface area contributed by atoms with Crippen molar-refractivity contribution < 1.29 is 26.4 Å². The zero-order valence-electron chi connectivity index (χ0n) is 21.8. The van der Waals surface area contributed by atoms with Gasteiger partial charge in [0.15, 0.2) is 0 Å². The topological polar surface area (TPSA) is 83.7 Å². The van der Waals surface area contributed by atoms with Gasteiger partial charge in [0.25, 0.3) is 0 Å². The number of carbonyl (C=O) groups excluding carboxylic acids is 1. The molecule has 4 rings (SSSR count). The highest BCUT2D eigenvalue weighted by Gasteiger charge is 2.46. The van der Waals surface area contributed by atoms with E-state index in [0.29, 0.717) is 25.2 Å². The van der Waals surface area contributed by atoms with Crippen molar-refractivity contribution in [1.29, 1.82) is 0 Å². The summed E-state index contributed by atoms with van der Waals surface area (Å²) in [5, 5.41) is 0. The molecular formula is C27H36F3N3O3S. The standard InChI is InChI=1S/C25H30F3N3O3S.C2H6/c1-17-15-30(16-24(11-12-24)21-7-3-20(4-8-21)23(29)32)13-14-31(17)35(33,34)22-9-5-19(6-10-22)18(2)25(26,27)28;1-2/h3-10,17-18H,11-16H2,1-2H3,(H2,29,32);1-2H3. The number of rotatable bonds is 7. The molecule has 0 bridgehead atoms. The average Bonchev–Trinajstić information content (AvgIpc) is 3.64. The SMILES string of the molecule is CC.CC1CN(CC2(c3ccc(C(N)=O)cc3)CC2)CCN1S(=O)(=O)c1ccc(C(C)C(F)(F)F)cc1. The summed E-state index contributed by atoms with van der Waals surface area (Å²) in [5.74, 6) is -2.12. The van der Waals surface area contributed by atoms with Gasteiger partial charge in [0.05, 0.1) is 10.8 Å². The van der Waals surface area contributed by atoms with Gasteiger partial charge in [0, 0.05) is 43.2 Å². The summed E-state index contributed by atoms with van der Waals surface area (Å²) in [6.07, 6.45) is -2.33. The normalized spacial score (nSPS) is 21.0. The summed E-state index contributed by atoms with van der Waals surface area (Å²) < 4.78 is 66.8. The van der Waals surface area contributed by atoms with Gasteiger partial charge in [-0.2, -0.15) is 17.5 Å². The molecule has 2 atom stereocenters. The number of amides is 1. The van der Waals surface area contributed by atoms with E-state index in [1.165, 1.54) is 28.6 Å². The number of hydrogen-bond donors (Lipinski definition) is 1. The Bertz CT molecular complexity index is 1180. The predicted molar refractivity (Wildman–Crippen MR) is 138 cm³/mol. The molecule has 2 unspecified atom stereocenters. The highest BCUT2D eigenvalue weighted by molar-refractivity contribution is 7.89. The number of primary amides is 1. The third kappa shape index (κ3) is 6.35. The van der Waals surface area contributed by atoms with Gasteiger partial charge in [0.2, 0.25) is 15.9 Å². The second-order valence-corrected chi connectivity index (χ2v) is 11.6. The Morgan fingerprint density at radius 3 is 2.08 bits per heavy atom. The van der Waals surface area contributed by atoms with Crippen LogP contribution in [0.25, 0.3) is 0 Å². The minimum atomic E-state index is -4.38. The number of carbonyl (C=O) groups is 1. The number of sulfonamides is 1. The molecule has 1 aliphatic heterocycles. The first-order valence-electron chi connectivity index (χ1n) is 12.6. The minimum absolute atomic E-state index is 0.00193. The van der Waals surface area contributed by atoms with Gasteiger partial charge in [-0.05, 0) is 62.1 Å². The first kappa shape index (κ1) is 29.1. The fourth-order valence-electron chi connectivity index (χ4n) is 4.87. The van der Waals surface area contributed by atoms with Crippen LogP contribution in [0.1, 0.15) is 67.9 Å². The van der Waals surface area contributed by atoms with E-state index >= 15 is 0 Å². The number of halogens is 3. The Balaban J connectivity index is 0.00000186. The van der Waals surface area contributed by atoms with Crippen LogP contribution in [0.4, 0.5) is 13.2 Å². The lowest BCUT2D eigenvalue weighted by molar-refractivity contribution is -0.146. The molecular weight excluding hydrogens is 503 g/mol. The molecule has 0 aromatic heterocycles. The molecule has 1 amide bonds. The van der Waals surface area contributed by atoms with Crippen molar-refractivity contribution in [2.24, 2.45) is 5.73 Å². The van der Waals surface area contributed by atoms with Crippen LogP contribution in [0.5, 0.6) is 0 Å². The summed E-state index contributed by atoms with van der Waals surface area (Å²) in [6, 6.07) is 12.1. The van der Waals surface area contributed by atoms with Crippen molar-refractivity contribution in [3.05, 3.63) is 65.2 Å². The molecule has 204 valence electrons. The largest absolute Gasteiger partial charge is 0.395 e. The van der Waals surface area contributed by atoms with E-state index in [2.05, 4.69) is 4.90 Å². The number of hydrogen-bond acceptors (Lipinski definition) is 4. The highest BCUT2D eigenvalue weighted by Crippen LogP contribution is 2.49. The van der Waals surface area contributed by atoms with Crippen molar-refractivity contribution >= 4 is 15.9 Å². The van der Waals surface area contributed by atoms with E-state index in [1.807, 2.05) is 32.9 Å². The molecule has 2 fully saturated rings. The Kier molecular flexibility index (Phi) is 8.76. The predicted octanol–water partition coefficient (Wildman–Crippen LogP) is 4.90. The summed E-state index contributed by atoms with van der Waals surface area (Å²) >= 11 is 0. The molecule has 1 saturated heterocycles. The zero-order chi connectivity index (χ0) is 27.6. The van der Waals surface area contributed by atoms with E-state index in [9.17, 15) is 26.4 Å². The Morgan fingerprint density at radius 2 is 1.62 bits per heavy atom. The third-order valence-electron chi connectivity index (χ3n) is 7.29. The molecule has 2 N–H and O–H groups in total. The second kappa shape index (κ2) is 11.1. The molecule has 6 nitrogen and oxygen atoms in total. The van der Waals surface area contributed by atoms with Gasteiger partial charge in [-0.15, -0.1) is 0 Å². The van der Waals surface area contributed by atoms with Crippen molar-refractivity contribution in [1.82, 2.24) is 9.21 Å². The molecule has 2 aromatic rings. The molecule has 0 radical (unpaired) electrons. The molecule has 0 spiro atoms. The number of alkyl halides is 3. The first-order chi connectivity index (χ1) is 17.3. The maximum Gasteiger partial charge on any atom is 0.395 e. The van der Waals surface area contributed by atoms with Crippen molar-refractivity contribution in [3.8, 4) is 0 Å². The van der Waals surface area contributed by atoms with Crippen LogP contribution in [0.2, 0.25) is 0 Å². The Hall–Kier alpha value is -2.43. The van der Waals surface area contributed by atoms with E-state index in [1.54, 1.807) is 12.1 Å². The summed E-state index contributed by atoms with van der Waals surface area (Å²) in [4.78, 5) is 13.6. The lowest BCUT2D eigenvalue weighted by Crippen LogP contribution is -2.55. The molecule has 1 heterocycles. The van der Waals surface area contributed by atoms with Crippen molar-refractivity contribution in [3.63, 3.8) is 0 Å². The number of benzene rings is 2. The van der Waals surface area contributed by atoms with Crippen LogP contribution in [0.3, 0.4) is 0 Å². The molecule has 37 heavy (non-hydrogen) atoms. The molecule has 2 aromatic carbocycles. The van der Waals surface area contributed by atoms with Gasteiger partial charge in [0.1, 0.15) is 0 Å². The fourth-order valence-corrected chi connectivity index (χ4v) is 6.49. The van der Waals surface area contributed by atoms with Gasteiger partial charge in [-0.25, -0.2) is 8.42 Å². The number of nitrogens with zero attached hydrogens (tertiary/aromatic N) is 2.